The summed E-state index contributed by atoms with van der Waals surface area (Å²) in [4.78, 5) is 0. The predicted octanol–water partition coefficient (Wildman–Crippen LogP) is 6.31. The van der Waals surface area contributed by atoms with Crippen molar-refractivity contribution in [3.63, 3.8) is 0 Å². The Morgan fingerprint density at radius 2 is 1.56 bits per heavy atom. The molecular weight excluding hydrogens is 347 g/mol. The van der Waals surface area contributed by atoms with Crippen molar-refractivity contribution >= 4 is 12.2 Å². The van der Waals surface area contributed by atoms with E-state index in [-0.39, 0.29) is 12.1 Å². The van der Waals surface area contributed by atoms with E-state index in [1.54, 1.807) is 6.08 Å². The first-order valence-corrected chi connectivity index (χ1v) is 8.63. The van der Waals surface area contributed by atoms with E-state index in [0.717, 1.165) is 28.3 Å². The van der Waals surface area contributed by atoms with Crippen LogP contribution in [-0.2, 0) is 12.7 Å². The lowest BCUT2D eigenvalue weighted by Gasteiger charge is -2.12. The highest BCUT2D eigenvalue weighted by molar-refractivity contribution is 5.78. The molecule has 27 heavy (non-hydrogen) atoms. The van der Waals surface area contributed by atoms with Crippen LogP contribution in [0.2, 0.25) is 0 Å². The molecule has 3 aromatic carbocycles. The minimum atomic E-state index is -4.41. The molecule has 0 saturated heterocycles. The first kappa shape index (κ1) is 18.9. The van der Waals surface area contributed by atoms with E-state index in [9.17, 15) is 13.2 Å². The molecule has 4 heteroatoms. The van der Waals surface area contributed by atoms with Gasteiger partial charge in [0, 0.05) is 6.54 Å². The summed E-state index contributed by atoms with van der Waals surface area (Å²) in [6, 6.07) is 19.7. The summed E-state index contributed by atoms with van der Waals surface area (Å²) in [5.41, 5.74) is 9.74. The van der Waals surface area contributed by atoms with Crippen LogP contribution in [0.1, 0.15) is 27.8 Å². The van der Waals surface area contributed by atoms with Crippen LogP contribution in [0.4, 0.5) is 13.2 Å². The van der Waals surface area contributed by atoms with E-state index >= 15 is 0 Å². The molecule has 0 atom stereocenters. The van der Waals surface area contributed by atoms with Gasteiger partial charge in [-0.05, 0) is 52.4 Å². The van der Waals surface area contributed by atoms with Crippen LogP contribution in [-0.4, -0.2) is 0 Å². The normalized spacial score (nSPS) is 11.9. The number of nitrogens with two attached hydrogens (primary N) is 1. The Bertz CT molecular complexity index is 957. The molecule has 0 aliphatic rings. The fourth-order valence-electron chi connectivity index (χ4n) is 3.08. The van der Waals surface area contributed by atoms with Crippen molar-refractivity contribution in [2.45, 2.75) is 19.6 Å². The molecule has 2 N–H and O–H groups in total. The van der Waals surface area contributed by atoms with Crippen LogP contribution >= 0.6 is 0 Å². The molecule has 0 aliphatic heterocycles. The maximum atomic E-state index is 13.3. The summed E-state index contributed by atoms with van der Waals surface area (Å²) in [7, 11) is 0. The zero-order valence-electron chi connectivity index (χ0n) is 14.9. The molecule has 0 aromatic heterocycles. The monoisotopic (exact) mass is 367 g/mol. The van der Waals surface area contributed by atoms with E-state index in [1.807, 2.05) is 55.5 Å². The number of alkyl halides is 3. The average Bonchev–Trinajstić information content (AvgIpc) is 2.67. The van der Waals surface area contributed by atoms with Gasteiger partial charge in [-0.25, -0.2) is 0 Å². The topological polar surface area (TPSA) is 26.0 Å². The van der Waals surface area contributed by atoms with E-state index < -0.39 is 11.7 Å². The molecule has 0 amide bonds. The Morgan fingerprint density at radius 3 is 2.22 bits per heavy atom. The second kappa shape index (κ2) is 7.80. The molecular formula is C23H20F3N. The van der Waals surface area contributed by atoms with Gasteiger partial charge in [-0.3, -0.25) is 0 Å². The molecule has 138 valence electrons. The van der Waals surface area contributed by atoms with Crippen molar-refractivity contribution in [1.29, 1.82) is 0 Å². The van der Waals surface area contributed by atoms with Crippen LogP contribution in [0.15, 0.2) is 66.7 Å². The Hall–Kier alpha value is -2.85. The first-order valence-electron chi connectivity index (χ1n) is 8.63. The van der Waals surface area contributed by atoms with Crippen LogP contribution < -0.4 is 5.73 Å². The van der Waals surface area contributed by atoms with Gasteiger partial charge in [0.25, 0.3) is 0 Å². The Labute approximate surface area is 157 Å². The molecule has 0 radical (unpaired) electrons. The van der Waals surface area contributed by atoms with Crippen molar-refractivity contribution in [3.05, 3.63) is 94.5 Å². The van der Waals surface area contributed by atoms with Gasteiger partial charge in [0.1, 0.15) is 0 Å². The molecule has 1 nitrogen and oxygen atoms in total. The number of rotatable bonds is 4. The SMILES string of the molecule is Cc1c(/C=C/c2cc(CN)ccc2C(F)(F)F)cccc1-c1ccccc1. The van der Waals surface area contributed by atoms with Crippen molar-refractivity contribution in [2.24, 2.45) is 5.73 Å². The van der Waals surface area contributed by atoms with Crippen LogP contribution in [0, 0.1) is 6.92 Å². The lowest BCUT2D eigenvalue weighted by atomic mass is 9.95. The number of hydrogen-bond donors (Lipinski definition) is 1. The third-order valence-electron chi connectivity index (χ3n) is 4.56. The van der Waals surface area contributed by atoms with Gasteiger partial charge in [-0.1, -0.05) is 66.7 Å². The van der Waals surface area contributed by atoms with Gasteiger partial charge in [0.05, 0.1) is 5.56 Å². The maximum Gasteiger partial charge on any atom is 0.416 e. The van der Waals surface area contributed by atoms with Crippen molar-refractivity contribution in [1.82, 2.24) is 0 Å². The zero-order chi connectivity index (χ0) is 19.4. The minimum absolute atomic E-state index is 0.120. The van der Waals surface area contributed by atoms with Crippen molar-refractivity contribution in [2.75, 3.05) is 0 Å². The maximum absolute atomic E-state index is 13.3. The molecule has 0 aliphatic carbocycles. The van der Waals surface area contributed by atoms with Crippen LogP contribution in [0.3, 0.4) is 0 Å². The summed E-state index contributed by atoms with van der Waals surface area (Å²) in [5, 5.41) is 0. The Kier molecular flexibility index (Phi) is 5.47. The second-order valence-electron chi connectivity index (χ2n) is 6.34. The summed E-state index contributed by atoms with van der Waals surface area (Å²) < 4.78 is 39.9. The predicted molar refractivity (Wildman–Crippen MR) is 105 cm³/mol. The fourth-order valence-corrected chi connectivity index (χ4v) is 3.08. The summed E-state index contributed by atoms with van der Waals surface area (Å²) in [6.45, 7) is 2.17. The Balaban J connectivity index is 2.02. The molecule has 0 spiro atoms. The third kappa shape index (κ3) is 4.29. The molecule has 0 heterocycles. The van der Waals surface area contributed by atoms with Crippen LogP contribution in [0.25, 0.3) is 23.3 Å². The van der Waals surface area contributed by atoms with Gasteiger partial charge in [0.15, 0.2) is 0 Å². The average molecular weight is 367 g/mol. The smallest absolute Gasteiger partial charge is 0.326 e. The quantitative estimate of drug-likeness (QED) is 0.537. The minimum Gasteiger partial charge on any atom is -0.326 e. The molecule has 0 saturated carbocycles. The number of benzene rings is 3. The van der Waals surface area contributed by atoms with Gasteiger partial charge in [0.2, 0.25) is 0 Å². The second-order valence-corrected chi connectivity index (χ2v) is 6.34. The van der Waals surface area contributed by atoms with Crippen molar-refractivity contribution < 1.29 is 13.2 Å². The van der Waals surface area contributed by atoms with Crippen molar-refractivity contribution in [3.8, 4) is 11.1 Å². The standard InChI is InChI=1S/C23H20F3N/c1-16-18(8-5-9-21(16)19-6-3-2-4-7-19)11-12-20-14-17(15-27)10-13-22(20)23(24,25)26/h2-14H,15,27H2,1H3/b12-11+. The molecule has 0 unspecified atom stereocenters. The lowest BCUT2D eigenvalue weighted by Crippen LogP contribution is -2.08. The highest BCUT2D eigenvalue weighted by atomic mass is 19.4. The lowest BCUT2D eigenvalue weighted by molar-refractivity contribution is -0.137. The highest BCUT2D eigenvalue weighted by Gasteiger charge is 2.32. The molecule has 0 fully saturated rings. The van der Waals surface area contributed by atoms with Crippen LogP contribution in [0.5, 0.6) is 0 Å². The van der Waals surface area contributed by atoms with Gasteiger partial charge in [-0.15, -0.1) is 0 Å². The van der Waals surface area contributed by atoms with E-state index in [0.29, 0.717) is 5.56 Å². The summed E-state index contributed by atoms with van der Waals surface area (Å²) in [5.74, 6) is 0. The van der Waals surface area contributed by atoms with E-state index in [4.69, 9.17) is 5.73 Å². The number of hydrogen-bond acceptors (Lipinski definition) is 1. The summed E-state index contributed by atoms with van der Waals surface area (Å²) in [6.07, 6.45) is -1.17. The first-order chi connectivity index (χ1) is 12.9. The van der Waals surface area contributed by atoms with E-state index in [2.05, 4.69) is 0 Å². The fraction of sp³-hybridized carbons (Fsp3) is 0.130. The molecule has 3 rings (SSSR count). The van der Waals surface area contributed by atoms with Gasteiger partial charge < -0.3 is 5.73 Å². The van der Waals surface area contributed by atoms with E-state index in [1.165, 1.54) is 18.2 Å². The summed E-state index contributed by atoms with van der Waals surface area (Å²) >= 11 is 0. The Morgan fingerprint density at radius 1 is 0.852 bits per heavy atom. The zero-order valence-corrected chi connectivity index (χ0v) is 14.9. The molecule has 0 bridgehead atoms. The number of halogens is 3. The van der Waals surface area contributed by atoms with Gasteiger partial charge in [-0.2, -0.15) is 13.2 Å². The largest absolute Gasteiger partial charge is 0.416 e. The molecule has 3 aromatic rings. The van der Waals surface area contributed by atoms with Gasteiger partial charge >= 0.3 is 6.18 Å². The highest BCUT2D eigenvalue weighted by Crippen LogP contribution is 2.34. The third-order valence-corrected chi connectivity index (χ3v) is 4.56.